The maximum atomic E-state index is 11.8. The monoisotopic (exact) mass is 291 g/mol. The van der Waals surface area contributed by atoms with Crippen molar-refractivity contribution in [3.8, 4) is 0 Å². The summed E-state index contributed by atoms with van der Waals surface area (Å²) >= 11 is 0. The zero-order valence-electron chi connectivity index (χ0n) is 13.1. The third-order valence-corrected chi connectivity index (χ3v) is 3.43. The molecular weight excluding hydrogens is 266 g/mol. The van der Waals surface area contributed by atoms with Crippen LogP contribution in [0.4, 0.5) is 5.69 Å². The van der Waals surface area contributed by atoms with Gasteiger partial charge < -0.3 is 15.5 Å². The van der Waals surface area contributed by atoms with Crippen molar-refractivity contribution in [3.05, 3.63) is 29.8 Å². The van der Waals surface area contributed by atoms with Crippen molar-refractivity contribution in [3.63, 3.8) is 0 Å². The van der Waals surface area contributed by atoms with Gasteiger partial charge >= 0.3 is 11.8 Å². The first-order valence-corrected chi connectivity index (χ1v) is 7.45. The lowest BCUT2D eigenvalue weighted by molar-refractivity contribution is -0.136. The number of carbonyl (C=O) groups excluding carboxylic acids is 2. The van der Waals surface area contributed by atoms with E-state index >= 15 is 0 Å². The van der Waals surface area contributed by atoms with Gasteiger partial charge in [-0.15, -0.1) is 0 Å². The Morgan fingerprint density at radius 1 is 1.10 bits per heavy atom. The number of benzene rings is 1. The summed E-state index contributed by atoms with van der Waals surface area (Å²) in [4.78, 5) is 25.8. The van der Waals surface area contributed by atoms with Gasteiger partial charge in [-0.3, -0.25) is 9.59 Å². The molecule has 0 atom stereocenters. The molecule has 2 N–H and O–H groups in total. The van der Waals surface area contributed by atoms with Crippen molar-refractivity contribution in [2.45, 2.75) is 27.2 Å². The van der Waals surface area contributed by atoms with Crippen molar-refractivity contribution < 1.29 is 9.59 Å². The first-order chi connectivity index (χ1) is 10.1. The van der Waals surface area contributed by atoms with Crippen LogP contribution in [0, 0.1) is 6.92 Å². The van der Waals surface area contributed by atoms with Gasteiger partial charge in [-0.1, -0.05) is 32.0 Å². The molecule has 0 spiro atoms. The van der Waals surface area contributed by atoms with E-state index in [1.165, 1.54) is 0 Å². The third kappa shape index (κ3) is 5.95. The van der Waals surface area contributed by atoms with E-state index < -0.39 is 11.8 Å². The molecule has 5 nitrogen and oxygen atoms in total. The average Bonchev–Trinajstić information content (AvgIpc) is 2.49. The summed E-state index contributed by atoms with van der Waals surface area (Å²) in [7, 11) is 0. The number of nitrogens with zero attached hydrogens (tertiary/aromatic N) is 1. The van der Waals surface area contributed by atoms with E-state index in [1.807, 2.05) is 25.1 Å². The summed E-state index contributed by atoms with van der Waals surface area (Å²) < 4.78 is 0. The van der Waals surface area contributed by atoms with E-state index in [2.05, 4.69) is 29.4 Å². The van der Waals surface area contributed by atoms with Gasteiger partial charge in [0.15, 0.2) is 0 Å². The zero-order valence-corrected chi connectivity index (χ0v) is 13.1. The number of nitrogens with one attached hydrogen (secondary N) is 2. The van der Waals surface area contributed by atoms with Crippen LogP contribution < -0.4 is 10.6 Å². The van der Waals surface area contributed by atoms with Gasteiger partial charge in [0, 0.05) is 12.2 Å². The van der Waals surface area contributed by atoms with Crippen LogP contribution in [0.15, 0.2) is 24.3 Å². The first-order valence-electron chi connectivity index (χ1n) is 7.45. The van der Waals surface area contributed by atoms with Gasteiger partial charge in [0.2, 0.25) is 0 Å². The summed E-state index contributed by atoms with van der Waals surface area (Å²) in [5.41, 5.74) is 1.60. The van der Waals surface area contributed by atoms with Crippen molar-refractivity contribution in [2.75, 3.05) is 31.5 Å². The summed E-state index contributed by atoms with van der Waals surface area (Å²) in [5, 5.41) is 5.27. The highest BCUT2D eigenvalue weighted by Crippen LogP contribution is 2.12. The fraction of sp³-hybridized carbons (Fsp3) is 0.500. The van der Waals surface area contributed by atoms with Crippen LogP contribution in [0.5, 0.6) is 0 Å². The summed E-state index contributed by atoms with van der Waals surface area (Å²) in [6.07, 6.45) is 0.838. The summed E-state index contributed by atoms with van der Waals surface area (Å²) in [6, 6.07) is 7.38. The summed E-state index contributed by atoms with van der Waals surface area (Å²) in [6.45, 7) is 9.53. The topological polar surface area (TPSA) is 61.4 Å². The Morgan fingerprint density at radius 3 is 2.38 bits per heavy atom. The number of para-hydroxylation sites is 1. The number of hydrogen-bond acceptors (Lipinski definition) is 3. The van der Waals surface area contributed by atoms with Gasteiger partial charge in [-0.25, -0.2) is 0 Å². The fourth-order valence-corrected chi connectivity index (χ4v) is 2.02. The van der Waals surface area contributed by atoms with Crippen LogP contribution in [0.2, 0.25) is 0 Å². The van der Waals surface area contributed by atoms with E-state index in [9.17, 15) is 9.59 Å². The van der Waals surface area contributed by atoms with E-state index in [0.717, 1.165) is 31.6 Å². The van der Waals surface area contributed by atoms with E-state index in [-0.39, 0.29) is 0 Å². The molecule has 5 heteroatoms. The Bertz CT molecular complexity index is 470. The first kappa shape index (κ1) is 17.2. The SMILES string of the molecule is CCN(CC)CCCNC(=O)C(=O)Nc1ccccc1C. The quantitative estimate of drug-likeness (QED) is 0.594. The molecule has 0 unspecified atom stereocenters. The van der Waals surface area contributed by atoms with E-state index in [4.69, 9.17) is 0 Å². The lowest BCUT2D eigenvalue weighted by Gasteiger charge is -2.17. The number of hydrogen-bond donors (Lipinski definition) is 2. The maximum Gasteiger partial charge on any atom is 0.313 e. The van der Waals surface area contributed by atoms with Crippen LogP contribution >= 0.6 is 0 Å². The smallest absolute Gasteiger partial charge is 0.313 e. The Morgan fingerprint density at radius 2 is 1.76 bits per heavy atom. The van der Waals surface area contributed by atoms with Gasteiger partial charge in [0.05, 0.1) is 0 Å². The molecule has 0 aliphatic rings. The number of rotatable bonds is 7. The highest BCUT2D eigenvalue weighted by Gasteiger charge is 2.13. The molecule has 0 fully saturated rings. The predicted molar refractivity (Wildman–Crippen MR) is 85.2 cm³/mol. The van der Waals surface area contributed by atoms with Crippen LogP contribution in [0.1, 0.15) is 25.8 Å². The molecule has 1 aromatic rings. The van der Waals surface area contributed by atoms with Crippen LogP contribution in [-0.4, -0.2) is 42.9 Å². The minimum Gasteiger partial charge on any atom is -0.348 e. The van der Waals surface area contributed by atoms with Crippen molar-refractivity contribution in [2.24, 2.45) is 0 Å². The highest BCUT2D eigenvalue weighted by molar-refractivity contribution is 6.39. The van der Waals surface area contributed by atoms with Gasteiger partial charge in [-0.2, -0.15) is 0 Å². The fourth-order valence-electron chi connectivity index (χ4n) is 2.02. The van der Waals surface area contributed by atoms with Gasteiger partial charge in [0.25, 0.3) is 0 Å². The Kier molecular flexibility index (Phi) is 7.46. The molecule has 0 saturated carbocycles. The molecule has 0 aliphatic carbocycles. The molecule has 1 rings (SSSR count). The molecule has 116 valence electrons. The molecule has 0 radical (unpaired) electrons. The van der Waals surface area contributed by atoms with Crippen LogP contribution in [0.3, 0.4) is 0 Å². The average molecular weight is 291 g/mol. The molecule has 0 aromatic heterocycles. The molecular formula is C16H25N3O2. The second-order valence-electron chi connectivity index (χ2n) is 4.91. The van der Waals surface area contributed by atoms with Gasteiger partial charge in [0.1, 0.15) is 0 Å². The highest BCUT2D eigenvalue weighted by atomic mass is 16.2. The number of carbonyl (C=O) groups is 2. The van der Waals surface area contributed by atoms with Gasteiger partial charge in [-0.05, 0) is 44.6 Å². The maximum absolute atomic E-state index is 11.8. The normalized spacial score (nSPS) is 10.5. The minimum absolute atomic E-state index is 0.510. The van der Waals surface area contributed by atoms with Crippen molar-refractivity contribution >= 4 is 17.5 Å². The Labute approximate surface area is 126 Å². The largest absolute Gasteiger partial charge is 0.348 e. The third-order valence-electron chi connectivity index (χ3n) is 3.43. The molecule has 2 amide bonds. The molecule has 0 bridgehead atoms. The van der Waals surface area contributed by atoms with E-state index in [1.54, 1.807) is 6.07 Å². The lowest BCUT2D eigenvalue weighted by Crippen LogP contribution is -2.37. The molecule has 0 aliphatic heterocycles. The lowest BCUT2D eigenvalue weighted by atomic mass is 10.2. The second kappa shape index (κ2) is 9.13. The van der Waals surface area contributed by atoms with Crippen LogP contribution in [0.25, 0.3) is 0 Å². The molecule has 0 saturated heterocycles. The molecule has 0 heterocycles. The Hall–Kier alpha value is -1.88. The standard InChI is InChI=1S/C16H25N3O2/c1-4-19(5-2)12-8-11-17-15(20)16(21)18-14-10-7-6-9-13(14)3/h6-7,9-10H,4-5,8,11-12H2,1-3H3,(H,17,20)(H,18,21). The number of aryl methyl sites for hydroxylation is 1. The second-order valence-corrected chi connectivity index (χ2v) is 4.91. The van der Waals surface area contributed by atoms with Crippen molar-refractivity contribution in [1.29, 1.82) is 0 Å². The summed E-state index contributed by atoms with van der Waals surface area (Å²) in [5.74, 6) is -1.20. The number of anilines is 1. The zero-order chi connectivity index (χ0) is 15.7. The predicted octanol–water partition coefficient (Wildman–Crippen LogP) is 1.78. The van der Waals surface area contributed by atoms with Crippen molar-refractivity contribution in [1.82, 2.24) is 10.2 Å². The molecule has 1 aromatic carbocycles. The van der Waals surface area contributed by atoms with E-state index in [0.29, 0.717) is 12.2 Å². The molecule has 21 heavy (non-hydrogen) atoms. The minimum atomic E-state index is -0.618. The van der Waals surface area contributed by atoms with Crippen LogP contribution in [-0.2, 0) is 9.59 Å². The Balaban J connectivity index is 2.32. The number of amides is 2.